The van der Waals surface area contributed by atoms with E-state index in [0.717, 1.165) is 22.8 Å². The molecule has 1 aromatic heterocycles. The molecule has 0 bridgehead atoms. The number of nitrogens with two attached hydrogens (primary N) is 1. The smallest absolute Gasteiger partial charge is 0.140 e. The lowest BCUT2D eigenvalue weighted by Crippen LogP contribution is -2.15. The van der Waals surface area contributed by atoms with Gasteiger partial charge in [-0.1, -0.05) is 35.9 Å². The van der Waals surface area contributed by atoms with Crippen LogP contribution in [0.15, 0.2) is 67.1 Å². The highest BCUT2D eigenvalue weighted by Crippen LogP contribution is 2.37. The zero-order chi connectivity index (χ0) is 15.4. The van der Waals surface area contributed by atoms with Crippen molar-refractivity contribution < 1.29 is 0 Å². The van der Waals surface area contributed by atoms with Gasteiger partial charge in [-0.05, 0) is 30.3 Å². The van der Waals surface area contributed by atoms with Crippen LogP contribution in [0.5, 0.6) is 0 Å². The van der Waals surface area contributed by atoms with Crippen LogP contribution < -0.4 is 10.6 Å². The van der Waals surface area contributed by atoms with Crippen molar-refractivity contribution >= 4 is 28.8 Å². The van der Waals surface area contributed by atoms with Crippen molar-refractivity contribution in [2.24, 2.45) is 5.73 Å². The van der Waals surface area contributed by atoms with E-state index in [2.05, 4.69) is 9.97 Å². The summed E-state index contributed by atoms with van der Waals surface area (Å²) in [5, 5.41) is 0.648. The maximum absolute atomic E-state index is 6.31. The normalized spacial score (nSPS) is 10.5. The standard InChI is InChI=1S/C17H15ClN4/c18-15-7-4-8-16(14(15)11-19)22(13-5-2-1-3-6-13)17-9-10-20-12-21-17/h1-10,12H,11,19H2. The summed E-state index contributed by atoms with van der Waals surface area (Å²) in [5.41, 5.74) is 8.68. The SMILES string of the molecule is NCc1c(Cl)cccc1N(c1ccccc1)c1ccncn1. The Bertz CT molecular complexity index is 708. The van der Waals surface area contributed by atoms with Gasteiger partial charge in [0.2, 0.25) is 0 Å². The van der Waals surface area contributed by atoms with Gasteiger partial charge in [0, 0.05) is 29.0 Å². The highest BCUT2D eigenvalue weighted by molar-refractivity contribution is 6.31. The van der Waals surface area contributed by atoms with E-state index in [9.17, 15) is 0 Å². The number of rotatable bonds is 4. The quantitative estimate of drug-likeness (QED) is 0.789. The minimum absolute atomic E-state index is 0.351. The second kappa shape index (κ2) is 6.56. The van der Waals surface area contributed by atoms with Gasteiger partial charge in [-0.3, -0.25) is 4.90 Å². The molecule has 3 rings (SSSR count). The summed E-state index contributed by atoms with van der Waals surface area (Å²) >= 11 is 6.31. The average Bonchev–Trinajstić information content (AvgIpc) is 2.57. The molecule has 4 nitrogen and oxygen atoms in total. The van der Waals surface area contributed by atoms with E-state index in [1.165, 1.54) is 6.33 Å². The Morgan fingerprint density at radius 2 is 1.82 bits per heavy atom. The lowest BCUT2D eigenvalue weighted by molar-refractivity contribution is 1.04. The van der Waals surface area contributed by atoms with Crippen LogP contribution in [0.4, 0.5) is 17.2 Å². The lowest BCUT2D eigenvalue weighted by Gasteiger charge is -2.26. The number of aromatic nitrogens is 2. The number of benzene rings is 2. The Balaban J connectivity index is 2.21. The lowest BCUT2D eigenvalue weighted by atomic mass is 10.1. The number of halogens is 1. The second-order valence-electron chi connectivity index (χ2n) is 4.68. The van der Waals surface area contributed by atoms with Crippen LogP contribution in [0.3, 0.4) is 0 Å². The predicted molar refractivity (Wildman–Crippen MR) is 89.6 cm³/mol. The summed E-state index contributed by atoms with van der Waals surface area (Å²) in [6, 6.07) is 17.6. The topological polar surface area (TPSA) is 55.0 Å². The molecule has 110 valence electrons. The molecule has 3 aromatic rings. The average molecular weight is 311 g/mol. The van der Waals surface area contributed by atoms with Crippen LogP contribution in [0.2, 0.25) is 5.02 Å². The van der Waals surface area contributed by atoms with Crippen molar-refractivity contribution in [3.05, 3.63) is 77.7 Å². The van der Waals surface area contributed by atoms with Gasteiger partial charge in [-0.25, -0.2) is 9.97 Å². The number of anilines is 3. The molecule has 1 heterocycles. The molecule has 0 aliphatic heterocycles. The van der Waals surface area contributed by atoms with Crippen molar-refractivity contribution in [2.45, 2.75) is 6.54 Å². The van der Waals surface area contributed by atoms with E-state index in [4.69, 9.17) is 17.3 Å². The van der Waals surface area contributed by atoms with E-state index in [0.29, 0.717) is 11.6 Å². The maximum Gasteiger partial charge on any atom is 0.140 e. The summed E-state index contributed by atoms with van der Waals surface area (Å²) in [6.45, 7) is 0.351. The molecule has 2 aromatic carbocycles. The Kier molecular flexibility index (Phi) is 4.32. The van der Waals surface area contributed by atoms with E-state index in [-0.39, 0.29) is 0 Å². The van der Waals surface area contributed by atoms with Gasteiger partial charge >= 0.3 is 0 Å². The molecule has 0 spiro atoms. The van der Waals surface area contributed by atoms with Gasteiger partial charge in [-0.15, -0.1) is 0 Å². The molecule has 0 amide bonds. The third kappa shape index (κ3) is 2.79. The molecular formula is C17H15ClN4. The highest BCUT2D eigenvalue weighted by Gasteiger charge is 2.17. The molecule has 0 atom stereocenters. The van der Waals surface area contributed by atoms with Crippen molar-refractivity contribution in [2.75, 3.05) is 4.90 Å². The van der Waals surface area contributed by atoms with Gasteiger partial charge < -0.3 is 5.73 Å². The Hall–Kier alpha value is -2.43. The van der Waals surface area contributed by atoms with Crippen LogP contribution in [-0.2, 0) is 6.54 Å². The van der Waals surface area contributed by atoms with Crippen LogP contribution in [0.1, 0.15) is 5.56 Å². The molecular weight excluding hydrogens is 296 g/mol. The van der Waals surface area contributed by atoms with Crippen molar-refractivity contribution in [1.29, 1.82) is 0 Å². The fourth-order valence-electron chi connectivity index (χ4n) is 2.35. The van der Waals surface area contributed by atoms with Crippen LogP contribution in [-0.4, -0.2) is 9.97 Å². The molecule has 0 radical (unpaired) electrons. The molecule has 0 fully saturated rings. The number of nitrogens with zero attached hydrogens (tertiary/aromatic N) is 3. The molecule has 5 heteroatoms. The van der Waals surface area contributed by atoms with Gasteiger partial charge in [-0.2, -0.15) is 0 Å². The first-order chi connectivity index (χ1) is 10.8. The van der Waals surface area contributed by atoms with E-state index in [1.54, 1.807) is 6.20 Å². The summed E-state index contributed by atoms with van der Waals surface area (Å²) in [4.78, 5) is 10.4. The Morgan fingerprint density at radius 1 is 1.00 bits per heavy atom. The third-order valence-corrected chi connectivity index (χ3v) is 3.70. The minimum Gasteiger partial charge on any atom is -0.326 e. The fourth-order valence-corrected chi connectivity index (χ4v) is 2.59. The van der Waals surface area contributed by atoms with Crippen LogP contribution in [0, 0.1) is 0 Å². The summed E-state index contributed by atoms with van der Waals surface area (Å²) in [5.74, 6) is 0.762. The zero-order valence-corrected chi connectivity index (χ0v) is 12.6. The predicted octanol–water partition coefficient (Wildman–Crippen LogP) is 4.06. The number of hydrogen-bond acceptors (Lipinski definition) is 4. The number of hydrogen-bond donors (Lipinski definition) is 1. The summed E-state index contributed by atoms with van der Waals surface area (Å²) < 4.78 is 0. The maximum atomic E-state index is 6.31. The van der Waals surface area contributed by atoms with Crippen LogP contribution in [0.25, 0.3) is 0 Å². The zero-order valence-electron chi connectivity index (χ0n) is 11.9. The van der Waals surface area contributed by atoms with Crippen LogP contribution >= 0.6 is 11.6 Å². The molecule has 0 saturated carbocycles. The molecule has 22 heavy (non-hydrogen) atoms. The van der Waals surface area contributed by atoms with Gasteiger partial charge in [0.15, 0.2) is 0 Å². The van der Waals surface area contributed by atoms with Crippen molar-refractivity contribution in [3.63, 3.8) is 0 Å². The third-order valence-electron chi connectivity index (χ3n) is 3.35. The monoisotopic (exact) mass is 310 g/mol. The van der Waals surface area contributed by atoms with Gasteiger partial charge in [0.25, 0.3) is 0 Å². The largest absolute Gasteiger partial charge is 0.326 e. The Labute approximate surface area is 134 Å². The first-order valence-electron chi connectivity index (χ1n) is 6.90. The first kappa shape index (κ1) is 14.5. The summed E-state index contributed by atoms with van der Waals surface area (Å²) in [6.07, 6.45) is 3.24. The Morgan fingerprint density at radius 3 is 2.50 bits per heavy atom. The summed E-state index contributed by atoms with van der Waals surface area (Å²) in [7, 11) is 0. The molecule has 0 unspecified atom stereocenters. The highest BCUT2D eigenvalue weighted by atomic mass is 35.5. The molecule has 0 saturated heterocycles. The van der Waals surface area contributed by atoms with E-state index < -0.39 is 0 Å². The fraction of sp³-hybridized carbons (Fsp3) is 0.0588. The van der Waals surface area contributed by atoms with Crippen molar-refractivity contribution in [3.8, 4) is 0 Å². The molecule has 0 aliphatic rings. The van der Waals surface area contributed by atoms with E-state index in [1.807, 2.05) is 59.5 Å². The first-order valence-corrected chi connectivity index (χ1v) is 7.27. The van der Waals surface area contributed by atoms with Crippen molar-refractivity contribution in [1.82, 2.24) is 9.97 Å². The molecule has 0 aliphatic carbocycles. The minimum atomic E-state index is 0.351. The molecule has 2 N–H and O–H groups in total. The van der Waals surface area contributed by atoms with Gasteiger partial charge in [0.1, 0.15) is 12.1 Å². The van der Waals surface area contributed by atoms with E-state index >= 15 is 0 Å². The second-order valence-corrected chi connectivity index (χ2v) is 5.09. The number of para-hydroxylation sites is 1. The van der Waals surface area contributed by atoms with Gasteiger partial charge in [0.05, 0.1) is 5.69 Å².